The van der Waals surface area contributed by atoms with Gasteiger partial charge in [0.25, 0.3) is 5.56 Å². The van der Waals surface area contributed by atoms with Crippen LogP contribution in [0.4, 0.5) is 0 Å². The lowest BCUT2D eigenvalue weighted by Crippen LogP contribution is -2.19. The van der Waals surface area contributed by atoms with E-state index in [2.05, 4.69) is 27.5 Å². The maximum absolute atomic E-state index is 13.1. The third-order valence-electron chi connectivity index (χ3n) is 5.40. The molecule has 0 aliphatic carbocycles. The van der Waals surface area contributed by atoms with Crippen LogP contribution in [-0.4, -0.2) is 21.1 Å². The molecule has 1 unspecified atom stereocenters. The van der Waals surface area contributed by atoms with Gasteiger partial charge in [-0.15, -0.1) is 0 Å². The highest BCUT2D eigenvalue weighted by atomic mass is 35.5. The van der Waals surface area contributed by atoms with Crippen molar-refractivity contribution < 1.29 is 0 Å². The van der Waals surface area contributed by atoms with Crippen LogP contribution in [0, 0.1) is 13.8 Å². The average molecular weight is 425 g/mol. The van der Waals surface area contributed by atoms with E-state index in [1.807, 2.05) is 32.0 Å². The van der Waals surface area contributed by atoms with E-state index in [1.54, 1.807) is 12.1 Å². The number of aromatic amines is 1. The Bertz CT molecular complexity index is 1320. The minimum Gasteiger partial charge on any atom is -0.339 e. The van der Waals surface area contributed by atoms with Gasteiger partial charge in [-0.1, -0.05) is 53.5 Å². The number of aryl methyl sites for hydroxylation is 1. The average Bonchev–Trinajstić information content (AvgIpc) is 3.49. The van der Waals surface area contributed by atoms with Gasteiger partial charge in [0.1, 0.15) is 5.65 Å². The van der Waals surface area contributed by atoms with Gasteiger partial charge in [0, 0.05) is 34.3 Å². The molecular weight excluding hydrogens is 407 g/mol. The molecule has 2 N–H and O–H groups in total. The van der Waals surface area contributed by atoms with Crippen LogP contribution in [-0.2, 0) is 0 Å². The minimum atomic E-state index is -0.152. The standard InChI is InChI=1S/C22H18Cl2N4O/c1-11-20(14-5-3-13(4-6-14)18-10-25-18)26-21-19(12(2)27-28(21)22(11)29)16-8-7-15(23)9-17(16)24/h3-9,18,25-26H,10H2,1-2H3. The molecule has 0 bridgehead atoms. The zero-order chi connectivity index (χ0) is 20.3. The van der Waals surface area contributed by atoms with Crippen LogP contribution in [0.25, 0.3) is 28.0 Å². The van der Waals surface area contributed by atoms with Crippen LogP contribution < -0.4 is 10.9 Å². The number of fused-ring (bicyclic) bond motifs is 1. The monoisotopic (exact) mass is 424 g/mol. The van der Waals surface area contributed by atoms with Gasteiger partial charge in [0.2, 0.25) is 0 Å². The number of nitrogens with one attached hydrogen (secondary N) is 2. The predicted molar refractivity (Wildman–Crippen MR) is 117 cm³/mol. The molecule has 5 nitrogen and oxygen atoms in total. The van der Waals surface area contributed by atoms with Crippen molar-refractivity contribution in [1.82, 2.24) is 19.9 Å². The van der Waals surface area contributed by atoms with Crippen molar-refractivity contribution in [3.8, 4) is 22.4 Å². The SMILES string of the molecule is Cc1nn2c(=O)c(C)c(-c3ccc(C4CN4)cc3)[nH]c2c1-c1ccc(Cl)cc1Cl. The lowest BCUT2D eigenvalue weighted by molar-refractivity contribution is 0.871. The second kappa shape index (κ2) is 6.73. The maximum atomic E-state index is 13.1. The second-order valence-electron chi connectivity index (χ2n) is 7.36. The highest BCUT2D eigenvalue weighted by Gasteiger charge is 2.23. The highest BCUT2D eigenvalue weighted by molar-refractivity contribution is 6.36. The van der Waals surface area contributed by atoms with Crippen LogP contribution in [0.3, 0.4) is 0 Å². The van der Waals surface area contributed by atoms with Gasteiger partial charge in [0.05, 0.1) is 16.4 Å². The summed E-state index contributed by atoms with van der Waals surface area (Å²) in [5.41, 5.74) is 6.37. The molecule has 1 aliphatic rings. The van der Waals surface area contributed by atoms with Crippen molar-refractivity contribution in [1.29, 1.82) is 0 Å². The van der Waals surface area contributed by atoms with E-state index in [0.29, 0.717) is 33.0 Å². The molecule has 0 radical (unpaired) electrons. The van der Waals surface area contributed by atoms with E-state index < -0.39 is 0 Å². The summed E-state index contributed by atoms with van der Waals surface area (Å²) in [6.07, 6.45) is 0. The summed E-state index contributed by atoms with van der Waals surface area (Å²) in [6, 6.07) is 14.1. The summed E-state index contributed by atoms with van der Waals surface area (Å²) in [6.45, 7) is 4.70. The van der Waals surface area contributed by atoms with Crippen molar-refractivity contribution in [2.24, 2.45) is 0 Å². The zero-order valence-corrected chi connectivity index (χ0v) is 17.4. The molecule has 2 aromatic carbocycles. The van der Waals surface area contributed by atoms with Crippen molar-refractivity contribution in [2.75, 3.05) is 6.54 Å². The van der Waals surface area contributed by atoms with Crippen LogP contribution in [0.2, 0.25) is 10.0 Å². The van der Waals surface area contributed by atoms with Crippen molar-refractivity contribution in [2.45, 2.75) is 19.9 Å². The fraction of sp³-hybridized carbons (Fsp3) is 0.182. The Kier molecular flexibility index (Phi) is 4.28. The molecule has 5 rings (SSSR count). The predicted octanol–water partition coefficient (Wildman–Crippen LogP) is 4.92. The minimum absolute atomic E-state index is 0.152. The first-order valence-corrected chi connectivity index (χ1v) is 10.1. The normalized spacial score (nSPS) is 15.8. The number of hydrogen-bond acceptors (Lipinski definition) is 3. The Morgan fingerprint density at radius 1 is 1.10 bits per heavy atom. The summed E-state index contributed by atoms with van der Waals surface area (Å²) >= 11 is 12.5. The smallest absolute Gasteiger partial charge is 0.277 e. The van der Waals surface area contributed by atoms with Crippen LogP contribution >= 0.6 is 23.2 Å². The Balaban J connectivity index is 1.74. The van der Waals surface area contributed by atoms with Gasteiger partial charge in [-0.2, -0.15) is 9.61 Å². The van der Waals surface area contributed by atoms with Gasteiger partial charge < -0.3 is 10.3 Å². The van der Waals surface area contributed by atoms with E-state index in [9.17, 15) is 4.79 Å². The quantitative estimate of drug-likeness (QED) is 0.458. The molecule has 1 fully saturated rings. The molecule has 29 heavy (non-hydrogen) atoms. The highest BCUT2D eigenvalue weighted by Crippen LogP contribution is 2.35. The molecule has 3 heterocycles. The number of halogens is 2. The largest absolute Gasteiger partial charge is 0.339 e. The molecule has 4 aromatic rings. The Labute approximate surface area is 177 Å². The number of nitrogens with zero attached hydrogens (tertiary/aromatic N) is 2. The Morgan fingerprint density at radius 3 is 2.48 bits per heavy atom. The van der Waals surface area contributed by atoms with E-state index in [0.717, 1.165) is 28.9 Å². The maximum Gasteiger partial charge on any atom is 0.277 e. The summed E-state index contributed by atoms with van der Waals surface area (Å²) in [5.74, 6) is 0. The van der Waals surface area contributed by atoms with E-state index in [4.69, 9.17) is 23.2 Å². The molecule has 0 saturated carbocycles. The van der Waals surface area contributed by atoms with Gasteiger partial charge in [-0.3, -0.25) is 4.79 Å². The van der Waals surface area contributed by atoms with E-state index in [-0.39, 0.29) is 5.56 Å². The number of H-pyrrole nitrogens is 1. The summed E-state index contributed by atoms with van der Waals surface area (Å²) in [5, 5.41) is 8.84. The third-order valence-corrected chi connectivity index (χ3v) is 5.95. The number of aromatic nitrogens is 3. The Hall–Kier alpha value is -2.60. The van der Waals surface area contributed by atoms with Crippen molar-refractivity contribution >= 4 is 28.8 Å². The fourth-order valence-corrected chi connectivity index (χ4v) is 4.25. The summed E-state index contributed by atoms with van der Waals surface area (Å²) < 4.78 is 1.41. The van der Waals surface area contributed by atoms with Gasteiger partial charge in [-0.05, 0) is 37.1 Å². The summed E-state index contributed by atoms with van der Waals surface area (Å²) in [4.78, 5) is 16.5. The first kappa shape index (κ1) is 18.4. The van der Waals surface area contributed by atoms with E-state index in [1.165, 1.54) is 10.1 Å². The zero-order valence-electron chi connectivity index (χ0n) is 15.9. The third kappa shape index (κ3) is 3.06. The van der Waals surface area contributed by atoms with Crippen molar-refractivity contribution in [3.63, 3.8) is 0 Å². The van der Waals surface area contributed by atoms with E-state index >= 15 is 0 Å². The Morgan fingerprint density at radius 2 is 1.83 bits per heavy atom. The number of hydrogen-bond donors (Lipinski definition) is 2. The summed E-state index contributed by atoms with van der Waals surface area (Å²) in [7, 11) is 0. The number of benzene rings is 2. The molecular formula is C22H18Cl2N4O. The van der Waals surface area contributed by atoms with Crippen LogP contribution in [0.1, 0.15) is 22.9 Å². The van der Waals surface area contributed by atoms with Crippen LogP contribution in [0.15, 0.2) is 47.3 Å². The molecule has 1 aliphatic heterocycles. The molecule has 2 aromatic heterocycles. The fourth-order valence-electron chi connectivity index (χ4n) is 3.75. The molecule has 0 spiro atoms. The topological polar surface area (TPSA) is 72.1 Å². The van der Waals surface area contributed by atoms with Crippen LogP contribution in [0.5, 0.6) is 0 Å². The molecule has 146 valence electrons. The lowest BCUT2D eigenvalue weighted by atomic mass is 10.0. The second-order valence-corrected chi connectivity index (χ2v) is 8.20. The van der Waals surface area contributed by atoms with Gasteiger partial charge in [-0.25, -0.2) is 0 Å². The number of rotatable bonds is 3. The first-order valence-electron chi connectivity index (χ1n) is 9.35. The first-order chi connectivity index (χ1) is 13.9. The van der Waals surface area contributed by atoms with Gasteiger partial charge in [0.15, 0.2) is 0 Å². The molecule has 1 atom stereocenters. The van der Waals surface area contributed by atoms with Crippen molar-refractivity contribution in [3.05, 3.63) is 79.7 Å². The molecule has 7 heteroatoms. The molecule has 1 saturated heterocycles. The lowest BCUT2D eigenvalue weighted by Gasteiger charge is -2.10. The van der Waals surface area contributed by atoms with Gasteiger partial charge >= 0.3 is 0 Å². The molecule has 0 amide bonds.